The predicted octanol–water partition coefficient (Wildman–Crippen LogP) is 2.79. The molecule has 0 saturated heterocycles. The first-order chi connectivity index (χ1) is 9.50. The zero-order valence-corrected chi connectivity index (χ0v) is 12.4. The second kappa shape index (κ2) is 5.83. The monoisotopic (exact) mass is 277 g/mol. The summed E-state index contributed by atoms with van der Waals surface area (Å²) in [6.45, 7) is 6.73. The van der Waals surface area contributed by atoms with Crippen molar-refractivity contribution in [2.75, 3.05) is 13.2 Å². The van der Waals surface area contributed by atoms with Gasteiger partial charge in [-0.1, -0.05) is 0 Å². The number of ketones is 1. The number of benzene rings is 1. The molecular formula is C16H23NO3. The smallest absolute Gasteiger partial charge is 0.182 e. The van der Waals surface area contributed by atoms with E-state index >= 15 is 0 Å². The van der Waals surface area contributed by atoms with Gasteiger partial charge in [0.15, 0.2) is 17.3 Å². The van der Waals surface area contributed by atoms with E-state index in [0.29, 0.717) is 36.2 Å². The number of Topliss-reactive ketones (excluding diaryl/α,β-unsaturated/α-hetero) is 1. The highest BCUT2D eigenvalue weighted by molar-refractivity contribution is 6.03. The van der Waals surface area contributed by atoms with Crippen molar-refractivity contribution in [1.82, 2.24) is 0 Å². The van der Waals surface area contributed by atoms with Crippen LogP contribution in [0.4, 0.5) is 0 Å². The number of carbonyl (C=O) groups excluding carboxylic acids is 1. The fourth-order valence-corrected chi connectivity index (χ4v) is 2.37. The summed E-state index contributed by atoms with van der Waals surface area (Å²) in [5, 5.41) is 0. The molecule has 20 heavy (non-hydrogen) atoms. The third-order valence-corrected chi connectivity index (χ3v) is 3.72. The van der Waals surface area contributed by atoms with Gasteiger partial charge in [0.1, 0.15) is 0 Å². The molecule has 0 bridgehead atoms. The van der Waals surface area contributed by atoms with Crippen LogP contribution in [0.15, 0.2) is 18.2 Å². The number of carbonyl (C=O) groups is 1. The van der Waals surface area contributed by atoms with E-state index in [4.69, 9.17) is 15.2 Å². The average Bonchev–Trinajstić information content (AvgIpc) is 3.25. The maximum atomic E-state index is 12.6. The van der Waals surface area contributed by atoms with Crippen molar-refractivity contribution in [3.05, 3.63) is 23.8 Å². The Balaban J connectivity index is 2.27. The van der Waals surface area contributed by atoms with Crippen molar-refractivity contribution in [1.29, 1.82) is 0 Å². The number of ether oxygens (including phenoxy) is 2. The molecule has 0 amide bonds. The topological polar surface area (TPSA) is 61.5 Å². The zero-order chi connectivity index (χ0) is 14.8. The van der Waals surface area contributed by atoms with Gasteiger partial charge in [0.25, 0.3) is 0 Å². The molecule has 1 aliphatic rings. The van der Waals surface area contributed by atoms with Crippen LogP contribution in [0.2, 0.25) is 0 Å². The van der Waals surface area contributed by atoms with Crippen LogP contribution in [0.1, 0.15) is 44.0 Å². The molecule has 0 aromatic heterocycles. The lowest BCUT2D eigenvalue weighted by Crippen LogP contribution is -2.47. The normalized spacial score (nSPS) is 17.4. The summed E-state index contributed by atoms with van der Waals surface area (Å²) < 4.78 is 11.1. The Kier molecular flexibility index (Phi) is 4.33. The molecule has 0 aliphatic heterocycles. The molecule has 0 spiro atoms. The standard InChI is InChI=1S/C16H23NO3/c1-4-19-13-9-6-11(10-14(13)20-5-2)15(18)16(3,17)12-7-8-12/h6,9-10,12H,4-5,7-8,17H2,1-3H3. The highest BCUT2D eigenvalue weighted by Gasteiger charge is 2.44. The number of rotatable bonds is 7. The Morgan fingerprint density at radius 3 is 2.40 bits per heavy atom. The first-order valence-electron chi connectivity index (χ1n) is 7.24. The molecule has 4 heteroatoms. The summed E-state index contributed by atoms with van der Waals surface area (Å²) in [5.74, 6) is 1.55. The summed E-state index contributed by atoms with van der Waals surface area (Å²) >= 11 is 0. The Hall–Kier alpha value is -1.55. The minimum atomic E-state index is -0.781. The molecule has 1 saturated carbocycles. The maximum Gasteiger partial charge on any atom is 0.182 e. The van der Waals surface area contributed by atoms with Crippen LogP contribution in [-0.4, -0.2) is 24.5 Å². The van der Waals surface area contributed by atoms with E-state index in [-0.39, 0.29) is 5.78 Å². The van der Waals surface area contributed by atoms with E-state index in [2.05, 4.69) is 0 Å². The molecule has 0 heterocycles. The molecule has 1 aromatic rings. The van der Waals surface area contributed by atoms with Crippen LogP contribution in [0, 0.1) is 5.92 Å². The molecule has 1 atom stereocenters. The average molecular weight is 277 g/mol. The van der Waals surface area contributed by atoms with Crippen molar-refractivity contribution in [3.63, 3.8) is 0 Å². The van der Waals surface area contributed by atoms with Gasteiger partial charge in [0, 0.05) is 5.56 Å². The van der Waals surface area contributed by atoms with Gasteiger partial charge in [0.2, 0.25) is 0 Å². The minimum absolute atomic E-state index is 0.0241. The highest BCUT2D eigenvalue weighted by atomic mass is 16.5. The Morgan fingerprint density at radius 1 is 1.25 bits per heavy atom. The fourth-order valence-electron chi connectivity index (χ4n) is 2.37. The summed E-state index contributed by atoms with van der Waals surface area (Å²) in [7, 11) is 0. The van der Waals surface area contributed by atoms with Gasteiger partial charge >= 0.3 is 0 Å². The number of hydrogen-bond donors (Lipinski definition) is 1. The Labute approximate surface area is 120 Å². The van der Waals surface area contributed by atoms with Crippen LogP contribution >= 0.6 is 0 Å². The summed E-state index contributed by atoms with van der Waals surface area (Å²) in [5.41, 5.74) is 6.01. The van der Waals surface area contributed by atoms with Crippen molar-refractivity contribution < 1.29 is 14.3 Å². The first kappa shape index (κ1) is 14.9. The van der Waals surface area contributed by atoms with E-state index in [1.165, 1.54) is 0 Å². The Bertz CT molecular complexity index is 492. The summed E-state index contributed by atoms with van der Waals surface area (Å²) in [6, 6.07) is 5.29. The zero-order valence-electron chi connectivity index (χ0n) is 12.4. The van der Waals surface area contributed by atoms with Crippen LogP contribution in [0.5, 0.6) is 11.5 Å². The lowest BCUT2D eigenvalue weighted by Gasteiger charge is -2.23. The second-order valence-electron chi connectivity index (χ2n) is 5.41. The Morgan fingerprint density at radius 2 is 1.85 bits per heavy atom. The predicted molar refractivity (Wildman–Crippen MR) is 78.4 cm³/mol. The summed E-state index contributed by atoms with van der Waals surface area (Å²) in [6.07, 6.45) is 2.07. The largest absolute Gasteiger partial charge is 0.490 e. The van der Waals surface area contributed by atoms with E-state index in [0.717, 1.165) is 12.8 Å². The minimum Gasteiger partial charge on any atom is -0.490 e. The lowest BCUT2D eigenvalue weighted by atomic mass is 9.87. The molecule has 0 radical (unpaired) electrons. The van der Waals surface area contributed by atoms with Gasteiger partial charge < -0.3 is 15.2 Å². The molecule has 110 valence electrons. The van der Waals surface area contributed by atoms with Crippen LogP contribution < -0.4 is 15.2 Å². The first-order valence-corrected chi connectivity index (χ1v) is 7.24. The van der Waals surface area contributed by atoms with E-state index in [9.17, 15) is 4.79 Å². The van der Waals surface area contributed by atoms with Gasteiger partial charge in [-0.25, -0.2) is 0 Å². The summed E-state index contributed by atoms with van der Waals surface area (Å²) in [4.78, 5) is 12.6. The van der Waals surface area contributed by atoms with Crippen molar-refractivity contribution >= 4 is 5.78 Å². The third-order valence-electron chi connectivity index (χ3n) is 3.72. The number of nitrogens with two attached hydrogens (primary N) is 1. The molecule has 1 unspecified atom stereocenters. The van der Waals surface area contributed by atoms with E-state index < -0.39 is 5.54 Å². The SMILES string of the molecule is CCOc1ccc(C(=O)C(C)(N)C2CC2)cc1OCC. The molecule has 4 nitrogen and oxygen atoms in total. The van der Waals surface area contributed by atoms with E-state index in [1.54, 1.807) is 18.2 Å². The van der Waals surface area contributed by atoms with Crippen molar-refractivity contribution in [3.8, 4) is 11.5 Å². The third kappa shape index (κ3) is 2.96. The number of hydrogen-bond acceptors (Lipinski definition) is 4. The van der Waals surface area contributed by atoms with Crippen LogP contribution in [0.3, 0.4) is 0 Å². The van der Waals surface area contributed by atoms with Crippen LogP contribution in [0.25, 0.3) is 0 Å². The fraction of sp³-hybridized carbons (Fsp3) is 0.562. The molecular weight excluding hydrogens is 254 g/mol. The lowest BCUT2D eigenvalue weighted by molar-refractivity contribution is 0.0883. The van der Waals surface area contributed by atoms with Crippen molar-refractivity contribution in [2.24, 2.45) is 11.7 Å². The quantitative estimate of drug-likeness (QED) is 0.778. The highest BCUT2D eigenvalue weighted by Crippen LogP contribution is 2.40. The van der Waals surface area contributed by atoms with Gasteiger partial charge in [-0.2, -0.15) is 0 Å². The van der Waals surface area contributed by atoms with Gasteiger partial charge in [-0.05, 0) is 57.7 Å². The molecule has 1 fully saturated rings. The second-order valence-corrected chi connectivity index (χ2v) is 5.41. The molecule has 1 aromatic carbocycles. The van der Waals surface area contributed by atoms with Crippen LogP contribution in [-0.2, 0) is 0 Å². The van der Waals surface area contributed by atoms with Crippen molar-refractivity contribution in [2.45, 2.75) is 39.2 Å². The maximum absolute atomic E-state index is 12.6. The van der Waals surface area contributed by atoms with Gasteiger partial charge in [-0.15, -0.1) is 0 Å². The van der Waals surface area contributed by atoms with Gasteiger partial charge in [0.05, 0.1) is 18.8 Å². The molecule has 2 rings (SSSR count). The molecule has 1 aliphatic carbocycles. The van der Waals surface area contributed by atoms with E-state index in [1.807, 2.05) is 20.8 Å². The van der Waals surface area contributed by atoms with Gasteiger partial charge in [-0.3, -0.25) is 4.79 Å². The molecule has 2 N–H and O–H groups in total.